The van der Waals surface area contributed by atoms with Gasteiger partial charge >= 0.3 is 0 Å². The summed E-state index contributed by atoms with van der Waals surface area (Å²) in [5.74, 6) is -0.109. The van der Waals surface area contributed by atoms with Crippen LogP contribution in [0.2, 0.25) is 0 Å². The summed E-state index contributed by atoms with van der Waals surface area (Å²) < 4.78 is 4.93. The van der Waals surface area contributed by atoms with Crippen molar-refractivity contribution in [3.05, 3.63) is 0 Å². The van der Waals surface area contributed by atoms with E-state index in [0.29, 0.717) is 13.2 Å². The summed E-state index contributed by atoms with van der Waals surface area (Å²) in [6.07, 6.45) is 0. The lowest BCUT2D eigenvalue weighted by molar-refractivity contribution is -0.128. The molecule has 0 atom stereocenters. The summed E-state index contributed by atoms with van der Waals surface area (Å²) in [6.45, 7) is 3.12. The minimum Gasteiger partial charge on any atom is -0.376 e. The predicted octanol–water partition coefficient (Wildman–Crippen LogP) is 0.130. The molecule has 1 aliphatic rings. The lowest BCUT2D eigenvalue weighted by Gasteiger charge is -2.38. The van der Waals surface area contributed by atoms with Crippen LogP contribution in [0.3, 0.4) is 0 Å². The molecule has 1 heterocycles. The summed E-state index contributed by atoms with van der Waals surface area (Å²) in [5.41, 5.74) is -0.161. The largest absolute Gasteiger partial charge is 0.376 e. The lowest BCUT2D eigenvalue weighted by atomic mass is 10.0. The topological polar surface area (TPSA) is 38.3 Å². The number of rotatable bonds is 2. The van der Waals surface area contributed by atoms with Crippen LogP contribution in [0.15, 0.2) is 0 Å². The van der Waals surface area contributed by atoms with Crippen molar-refractivity contribution in [2.24, 2.45) is 0 Å². The maximum atomic E-state index is 10.7. The SMILES string of the molecule is CC1(NC(=O)CCl)COC1. The molecule has 58 valence electrons. The second-order valence-electron chi connectivity index (χ2n) is 2.74. The maximum absolute atomic E-state index is 10.7. The Morgan fingerprint density at radius 1 is 1.80 bits per heavy atom. The molecule has 1 saturated heterocycles. The predicted molar refractivity (Wildman–Crippen MR) is 38.1 cm³/mol. The minimum absolute atomic E-state index is 0.0234. The highest BCUT2D eigenvalue weighted by atomic mass is 35.5. The number of carbonyl (C=O) groups is 1. The summed E-state index contributed by atoms with van der Waals surface area (Å²) >= 11 is 5.29. The van der Waals surface area contributed by atoms with E-state index in [-0.39, 0.29) is 17.3 Å². The third-order valence-corrected chi connectivity index (χ3v) is 1.65. The molecule has 0 radical (unpaired) electrons. The van der Waals surface area contributed by atoms with Gasteiger partial charge in [0.25, 0.3) is 0 Å². The highest BCUT2D eigenvalue weighted by Crippen LogP contribution is 2.14. The molecule has 0 aromatic rings. The number of halogens is 1. The fraction of sp³-hybridized carbons (Fsp3) is 0.833. The summed E-state index contributed by atoms with van der Waals surface area (Å²) in [4.78, 5) is 10.7. The molecule has 0 spiro atoms. The first-order valence-electron chi connectivity index (χ1n) is 3.11. The lowest BCUT2D eigenvalue weighted by Crippen LogP contribution is -2.60. The van der Waals surface area contributed by atoms with E-state index in [1.165, 1.54) is 0 Å². The average molecular weight is 164 g/mol. The van der Waals surface area contributed by atoms with Gasteiger partial charge in [0.15, 0.2) is 0 Å². The molecule has 0 saturated carbocycles. The summed E-state index contributed by atoms with van der Waals surface area (Å²) in [6, 6.07) is 0. The monoisotopic (exact) mass is 163 g/mol. The van der Waals surface area contributed by atoms with Crippen molar-refractivity contribution in [3.8, 4) is 0 Å². The van der Waals surface area contributed by atoms with E-state index in [1.807, 2.05) is 6.92 Å². The van der Waals surface area contributed by atoms with Crippen molar-refractivity contribution in [3.63, 3.8) is 0 Å². The number of carbonyl (C=O) groups excluding carboxylic acids is 1. The van der Waals surface area contributed by atoms with Gasteiger partial charge in [0.1, 0.15) is 5.88 Å². The second kappa shape index (κ2) is 2.76. The maximum Gasteiger partial charge on any atom is 0.235 e. The smallest absolute Gasteiger partial charge is 0.235 e. The van der Waals surface area contributed by atoms with Gasteiger partial charge < -0.3 is 10.1 Å². The van der Waals surface area contributed by atoms with Crippen molar-refractivity contribution < 1.29 is 9.53 Å². The van der Waals surface area contributed by atoms with Crippen LogP contribution in [-0.4, -0.2) is 30.5 Å². The van der Waals surface area contributed by atoms with Crippen LogP contribution < -0.4 is 5.32 Å². The van der Waals surface area contributed by atoms with Crippen LogP contribution in [-0.2, 0) is 9.53 Å². The zero-order chi connectivity index (χ0) is 7.61. The van der Waals surface area contributed by atoms with Crippen molar-refractivity contribution in [2.45, 2.75) is 12.5 Å². The Bertz CT molecular complexity index is 145. The van der Waals surface area contributed by atoms with Crippen LogP contribution in [0.4, 0.5) is 0 Å². The third kappa shape index (κ3) is 1.61. The Morgan fingerprint density at radius 3 is 2.70 bits per heavy atom. The van der Waals surface area contributed by atoms with Crippen molar-refractivity contribution in [2.75, 3.05) is 19.1 Å². The first-order chi connectivity index (χ1) is 4.66. The molecule has 3 nitrogen and oxygen atoms in total. The van der Waals surface area contributed by atoms with Gasteiger partial charge in [-0.25, -0.2) is 0 Å². The van der Waals surface area contributed by atoms with Gasteiger partial charge in [0.2, 0.25) is 5.91 Å². The minimum atomic E-state index is -0.161. The number of hydrogen-bond donors (Lipinski definition) is 1. The van der Waals surface area contributed by atoms with E-state index < -0.39 is 0 Å². The van der Waals surface area contributed by atoms with Crippen LogP contribution in [0.5, 0.6) is 0 Å². The third-order valence-electron chi connectivity index (χ3n) is 1.40. The Labute approximate surface area is 64.7 Å². The number of hydrogen-bond acceptors (Lipinski definition) is 2. The summed E-state index contributed by atoms with van der Waals surface area (Å²) in [5, 5.41) is 2.75. The molecule has 1 aliphatic heterocycles. The van der Waals surface area contributed by atoms with Gasteiger partial charge in [-0.3, -0.25) is 4.79 Å². The Hall–Kier alpha value is -0.280. The number of alkyl halides is 1. The van der Waals surface area contributed by atoms with Gasteiger partial charge in [0, 0.05) is 0 Å². The molecule has 1 rings (SSSR count). The number of amides is 1. The first kappa shape index (κ1) is 7.82. The highest BCUT2D eigenvalue weighted by Gasteiger charge is 2.34. The molecular weight excluding hydrogens is 154 g/mol. The molecule has 0 aromatic carbocycles. The van der Waals surface area contributed by atoms with Crippen molar-refractivity contribution in [1.29, 1.82) is 0 Å². The molecule has 0 aromatic heterocycles. The average Bonchev–Trinajstić information content (AvgIpc) is 1.84. The zero-order valence-electron chi connectivity index (χ0n) is 5.82. The van der Waals surface area contributed by atoms with E-state index in [0.717, 1.165) is 0 Å². The quantitative estimate of drug-likeness (QED) is 0.588. The van der Waals surface area contributed by atoms with Gasteiger partial charge in [-0.05, 0) is 6.92 Å². The van der Waals surface area contributed by atoms with E-state index in [9.17, 15) is 4.79 Å². The van der Waals surface area contributed by atoms with Crippen LogP contribution >= 0.6 is 11.6 Å². The molecule has 10 heavy (non-hydrogen) atoms. The normalized spacial score (nSPS) is 21.4. The molecular formula is C6H10ClNO2. The molecule has 0 unspecified atom stereocenters. The molecule has 1 amide bonds. The first-order valence-corrected chi connectivity index (χ1v) is 3.64. The van der Waals surface area contributed by atoms with Gasteiger partial charge in [-0.15, -0.1) is 11.6 Å². The molecule has 0 bridgehead atoms. The highest BCUT2D eigenvalue weighted by molar-refractivity contribution is 6.27. The molecule has 1 N–H and O–H groups in total. The van der Waals surface area contributed by atoms with E-state index in [2.05, 4.69) is 5.32 Å². The fourth-order valence-corrected chi connectivity index (χ4v) is 0.917. The van der Waals surface area contributed by atoms with E-state index >= 15 is 0 Å². The van der Waals surface area contributed by atoms with Crippen LogP contribution in [0.25, 0.3) is 0 Å². The second-order valence-corrected chi connectivity index (χ2v) is 3.00. The summed E-state index contributed by atoms with van der Waals surface area (Å²) in [7, 11) is 0. The van der Waals surface area contributed by atoms with Gasteiger partial charge in [-0.2, -0.15) is 0 Å². The molecule has 1 fully saturated rings. The molecule has 4 heteroatoms. The standard InChI is InChI=1S/C6H10ClNO2/c1-6(3-10-4-6)8-5(9)2-7/h2-4H2,1H3,(H,8,9). The Balaban J connectivity index is 2.29. The number of nitrogens with one attached hydrogen (secondary N) is 1. The zero-order valence-corrected chi connectivity index (χ0v) is 6.57. The Morgan fingerprint density at radius 2 is 2.40 bits per heavy atom. The van der Waals surface area contributed by atoms with Crippen LogP contribution in [0.1, 0.15) is 6.92 Å². The van der Waals surface area contributed by atoms with E-state index in [1.54, 1.807) is 0 Å². The van der Waals surface area contributed by atoms with Gasteiger partial charge in [-0.1, -0.05) is 0 Å². The fourth-order valence-electron chi connectivity index (χ4n) is 0.850. The number of ether oxygens (including phenoxy) is 1. The van der Waals surface area contributed by atoms with Gasteiger partial charge in [0.05, 0.1) is 18.8 Å². The Kier molecular flexibility index (Phi) is 2.16. The van der Waals surface area contributed by atoms with E-state index in [4.69, 9.17) is 16.3 Å². The van der Waals surface area contributed by atoms with Crippen molar-refractivity contribution in [1.82, 2.24) is 5.32 Å². The van der Waals surface area contributed by atoms with Crippen LogP contribution in [0, 0.1) is 0 Å². The van der Waals surface area contributed by atoms with Crippen molar-refractivity contribution >= 4 is 17.5 Å². The molecule has 0 aliphatic carbocycles.